The van der Waals surface area contributed by atoms with Crippen molar-refractivity contribution in [1.82, 2.24) is 9.55 Å². The summed E-state index contributed by atoms with van der Waals surface area (Å²) in [6.07, 6.45) is 9.27. The van der Waals surface area contributed by atoms with Crippen molar-refractivity contribution in [3.05, 3.63) is 33.1 Å². The van der Waals surface area contributed by atoms with E-state index >= 15 is 0 Å². The highest BCUT2D eigenvalue weighted by Crippen LogP contribution is 2.43. The summed E-state index contributed by atoms with van der Waals surface area (Å²) in [4.78, 5) is 37.7. The van der Waals surface area contributed by atoms with Gasteiger partial charge in [-0.05, 0) is 38.5 Å². The van der Waals surface area contributed by atoms with E-state index < -0.39 is 23.1 Å². The molecule has 2 heterocycles. The van der Waals surface area contributed by atoms with E-state index in [-0.39, 0.29) is 24.8 Å². The number of nitrogens with zero attached hydrogens (tertiary/aromatic N) is 1. The molecule has 27 heavy (non-hydrogen) atoms. The summed E-state index contributed by atoms with van der Waals surface area (Å²) in [5.74, 6) is -0.290. The number of carbonyl (C=O) groups is 1. The van der Waals surface area contributed by atoms with Crippen molar-refractivity contribution in [3.63, 3.8) is 0 Å². The van der Waals surface area contributed by atoms with Gasteiger partial charge in [-0.3, -0.25) is 14.3 Å². The van der Waals surface area contributed by atoms with Crippen LogP contribution in [0.1, 0.15) is 64.0 Å². The first-order chi connectivity index (χ1) is 13.1. The Morgan fingerprint density at radius 1 is 1.19 bits per heavy atom. The first-order valence-electron chi connectivity index (χ1n) is 9.88. The Labute approximate surface area is 156 Å². The number of aromatic nitrogens is 2. The van der Waals surface area contributed by atoms with Crippen molar-refractivity contribution < 1.29 is 19.0 Å². The minimum atomic E-state index is -0.740. The molecule has 8 nitrogen and oxygen atoms in total. The molecule has 2 aliphatic carbocycles. The third-order valence-electron chi connectivity index (χ3n) is 5.67. The maximum Gasteiger partial charge on any atom is 0.338 e. The van der Waals surface area contributed by atoms with Gasteiger partial charge in [0.1, 0.15) is 12.8 Å². The fourth-order valence-corrected chi connectivity index (χ4v) is 3.95. The van der Waals surface area contributed by atoms with Gasteiger partial charge in [0.2, 0.25) is 0 Å². The molecule has 4 rings (SSSR count). The van der Waals surface area contributed by atoms with Gasteiger partial charge >= 0.3 is 11.7 Å². The molecule has 3 aliphatic rings. The molecule has 0 amide bonds. The van der Waals surface area contributed by atoms with Crippen LogP contribution < -0.4 is 11.2 Å². The second-order valence-electron chi connectivity index (χ2n) is 7.78. The zero-order valence-corrected chi connectivity index (χ0v) is 15.4. The number of hydrogen-bond donors (Lipinski definition) is 1. The SMILES string of the molecule is O=C(OCC1CCC(n2ccc(=O)[nH]c2=O)O1)C1(OC2CCCCC2)CC1. The fourth-order valence-electron chi connectivity index (χ4n) is 3.95. The number of hydrogen-bond acceptors (Lipinski definition) is 6. The Bertz CT molecular complexity index is 790. The lowest BCUT2D eigenvalue weighted by molar-refractivity contribution is -0.170. The van der Waals surface area contributed by atoms with Gasteiger partial charge in [-0.15, -0.1) is 0 Å². The van der Waals surface area contributed by atoms with Crippen molar-refractivity contribution in [3.8, 4) is 0 Å². The Balaban J connectivity index is 1.27. The van der Waals surface area contributed by atoms with Crippen molar-refractivity contribution in [2.45, 2.75) is 81.8 Å². The molecule has 0 aromatic carbocycles. The largest absolute Gasteiger partial charge is 0.461 e. The van der Waals surface area contributed by atoms with E-state index in [0.29, 0.717) is 12.8 Å². The number of carbonyl (C=O) groups excluding carboxylic acids is 1. The predicted molar refractivity (Wildman–Crippen MR) is 95.3 cm³/mol. The van der Waals surface area contributed by atoms with Gasteiger partial charge in [-0.1, -0.05) is 19.3 Å². The lowest BCUT2D eigenvalue weighted by Crippen LogP contribution is -2.35. The number of rotatable bonds is 6. The molecule has 0 radical (unpaired) electrons. The number of ether oxygens (including phenoxy) is 3. The Morgan fingerprint density at radius 2 is 1.96 bits per heavy atom. The molecule has 0 bridgehead atoms. The molecule has 1 saturated heterocycles. The van der Waals surface area contributed by atoms with E-state index in [4.69, 9.17) is 14.2 Å². The summed E-state index contributed by atoms with van der Waals surface area (Å²) in [7, 11) is 0. The van der Waals surface area contributed by atoms with Crippen molar-refractivity contribution in [2.75, 3.05) is 6.61 Å². The van der Waals surface area contributed by atoms with Crippen LogP contribution in [-0.2, 0) is 19.0 Å². The van der Waals surface area contributed by atoms with Crippen molar-refractivity contribution >= 4 is 5.97 Å². The first-order valence-corrected chi connectivity index (χ1v) is 9.88. The Morgan fingerprint density at radius 3 is 2.67 bits per heavy atom. The zero-order chi connectivity index (χ0) is 18.9. The van der Waals surface area contributed by atoms with Crippen LogP contribution in [0.15, 0.2) is 21.9 Å². The molecule has 1 N–H and O–H groups in total. The molecule has 1 aromatic heterocycles. The van der Waals surface area contributed by atoms with Gasteiger partial charge in [0, 0.05) is 12.3 Å². The lowest BCUT2D eigenvalue weighted by atomic mass is 9.97. The maximum atomic E-state index is 12.5. The summed E-state index contributed by atoms with van der Waals surface area (Å²) >= 11 is 0. The molecule has 0 spiro atoms. The van der Waals surface area contributed by atoms with E-state index in [9.17, 15) is 14.4 Å². The first kappa shape index (κ1) is 18.4. The summed E-state index contributed by atoms with van der Waals surface area (Å²) in [5, 5.41) is 0. The molecule has 1 aliphatic heterocycles. The topological polar surface area (TPSA) is 99.6 Å². The highest BCUT2D eigenvalue weighted by Gasteiger charge is 2.54. The lowest BCUT2D eigenvalue weighted by Gasteiger charge is -2.26. The van der Waals surface area contributed by atoms with Crippen LogP contribution in [0.25, 0.3) is 0 Å². The molecule has 1 aromatic rings. The van der Waals surface area contributed by atoms with Crippen LogP contribution in [0.4, 0.5) is 0 Å². The van der Waals surface area contributed by atoms with E-state index in [1.807, 2.05) is 0 Å². The predicted octanol–water partition coefficient (Wildman–Crippen LogP) is 1.64. The van der Waals surface area contributed by atoms with Gasteiger partial charge in [-0.2, -0.15) is 0 Å². The summed E-state index contributed by atoms with van der Waals surface area (Å²) in [5.41, 5.74) is -1.68. The second-order valence-corrected chi connectivity index (χ2v) is 7.78. The smallest absolute Gasteiger partial charge is 0.338 e. The third-order valence-corrected chi connectivity index (χ3v) is 5.67. The average Bonchev–Trinajstić information content (AvgIpc) is 3.29. The van der Waals surface area contributed by atoms with Gasteiger partial charge in [0.25, 0.3) is 5.56 Å². The number of aromatic amines is 1. The van der Waals surface area contributed by atoms with Crippen molar-refractivity contribution in [1.29, 1.82) is 0 Å². The minimum absolute atomic E-state index is 0.156. The summed E-state index contributed by atoms with van der Waals surface area (Å²) < 4.78 is 18.8. The fraction of sp³-hybridized carbons (Fsp3) is 0.737. The van der Waals surface area contributed by atoms with E-state index in [1.165, 1.54) is 23.3 Å². The molecule has 2 atom stereocenters. The standard InChI is InChI=1S/C19H26N2O6/c22-15-8-11-21(18(24)20-15)16-7-6-14(26-16)12-25-17(23)19(9-10-19)27-13-4-2-1-3-5-13/h8,11,13-14,16H,1-7,9-10,12H2,(H,20,22,24). The van der Waals surface area contributed by atoms with Crippen LogP contribution >= 0.6 is 0 Å². The molecule has 3 fully saturated rings. The van der Waals surface area contributed by atoms with Crippen molar-refractivity contribution in [2.24, 2.45) is 0 Å². The van der Waals surface area contributed by atoms with E-state index in [1.54, 1.807) is 0 Å². The van der Waals surface area contributed by atoms with Crippen LogP contribution in [0.5, 0.6) is 0 Å². The third kappa shape index (κ3) is 4.16. The highest BCUT2D eigenvalue weighted by molar-refractivity contribution is 5.82. The van der Waals surface area contributed by atoms with Crippen LogP contribution in [-0.4, -0.2) is 39.9 Å². The monoisotopic (exact) mass is 378 g/mol. The number of nitrogens with one attached hydrogen (secondary N) is 1. The normalized spacial score (nSPS) is 27.4. The average molecular weight is 378 g/mol. The minimum Gasteiger partial charge on any atom is -0.461 e. The van der Waals surface area contributed by atoms with Gasteiger partial charge < -0.3 is 14.2 Å². The second kappa shape index (κ2) is 7.59. The summed E-state index contributed by atoms with van der Waals surface area (Å²) in [6, 6.07) is 1.29. The molecule has 148 valence electrons. The molecular weight excluding hydrogens is 352 g/mol. The summed E-state index contributed by atoms with van der Waals surface area (Å²) in [6.45, 7) is 0.156. The molecule has 2 saturated carbocycles. The quantitative estimate of drug-likeness (QED) is 0.756. The van der Waals surface area contributed by atoms with Crippen LogP contribution in [0, 0.1) is 0 Å². The highest BCUT2D eigenvalue weighted by atomic mass is 16.6. The van der Waals surface area contributed by atoms with Crippen LogP contribution in [0.3, 0.4) is 0 Å². The van der Waals surface area contributed by atoms with E-state index in [0.717, 1.165) is 38.5 Å². The van der Waals surface area contributed by atoms with Gasteiger partial charge in [0.15, 0.2) is 5.60 Å². The Kier molecular flexibility index (Phi) is 5.19. The molecule has 2 unspecified atom stereocenters. The van der Waals surface area contributed by atoms with Crippen LogP contribution in [0.2, 0.25) is 0 Å². The number of esters is 1. The molecular formula is C19H26N2O6. The van der Waals surface area contributed by atoms with Gasteiger partial charge in [0.05, 0.1) is 12.2 Å². The Hall–Kier alpha value is -1.93. The molecule has 8 heteroatoms. The maximum absolute atomic E-state index is 12.5. The van der Waals surface area contributed by atoms with E-state index in [2.05, 4.69) is 4.98 Å². The number of H-pyrrole nitrogens is 1. The van der Waals surface area contributed by atoms with Gasteiger partial charge in [-0.25, -0.2) is 9.59 Å². The zero-order valence-electron chi connectivity index (χ0n) is 15.4.